The van der Waals surface area contributed by atoms with Crippen LogP contribution in [0.5, 0.6) is 0 Å². The van der Waals surface area contributed by atoms with Crippen LogP contribution in [0.15, 0.2) is 6.07 Å². The van der Waals surface area contributed by atoms with Crippen molar-refractivity contribution in [3.8, 4) is 0 Å². The summed E-state index contributed by atoms with van der Waals surface area (Å²) in [7, 11) is 1.38. The molecule has 1 aromatic heterocycles. The Labute approximate surface area is 126 Å². The molecule has 0 bridgehead atoms. The number of thioether (sulfide) groups is 1. The van der Waals surface area contributed by atoms with Crippen molar-refractivity contribution in [3.05, 3.63) is 21.4 Å². The van der Waals surface area contributed by atoms with Crippen molar-refractivity contribution in [1.29, 1.82) is 0 Å². The average molecular weight is 311 g/mol. The fourth-order valence-electron chi connectivity index (χ4n) is 2.79. The zero-order chi connectivity index (χ0) is 14.1. The van der Waals surface area contributed by atoms with E-state index in [0.29, 0.717) is 13.0 Å². The van der Waals surface area contributed by atoms with Gasteiger partial charge in [0.25, 0.3) is 5.91 Å². The molecule has 1 saturated heterocycles. The van der Waals surface area contributed by atoms with Gasteiger partial charge in [0, 0.05) is 17.2 Å². The Morgan fingerprint density at radius 2 is 2.30 bits per heavy atom. The van der Waals surface area contributed by atoms with Crippen molar-refractivity contribution in [2.75, 3.05) is 19.4 Å². The molecule has 0 aromatic carbocycles. The fourth-order valence-corrected chi connectivity index (χ4v) is 5.11. The van der Waals surface area contributed by atoms with E-state index in [1.807, 2.05) is 17.8 Å². The van der Waals surface area contributed by atoms with Crippen LogP contribution in [-0.2, 0) is 21.7 Å². The van der Waals surface area contributed by atoms with Crippen molar-refractivity contribution in [3.63, 3.8) is 0 Å². The maximum Gasteiger partial charge on any atom is 0.328 e. The highest BCUT2D eigenvalue weighted by atomic mass is 32.2. The molecule has 3 rings (SSSR count). The number of thiophene rings is 1. The quantitative estimate of drug-likeness (QED) is 0.786. The molecule has 1 atom stereocenters. The number of methoxy groups -OCH3 is 1. The first kappa shape index (κ1) is 13.9. The number of ether oxygens (including phenoxy) is 1. The predicted octanol–water partition coefficient (Wildman–Crippen LogP) is 2.32. The predicted molar refractivity (Wildman–Crippen MR) is 80.3 cm³/mol. The number of carbonyl (C=O) groups is 2. The van der Waals surface area contributed by atoms with E-state index in [9.17, 15) is 9.59 Å². The maximum absolute atomic E-state index is 12.6. The van der Waals surface area contributed by atoms with Gasteiger partial charge in [-0.25, -0.2) is 4.79 Å². The molecule has 20 heavy (non-hydrogen) atoms. The summed E-state index contributed by atoms with van der Waals surface area (Å²) in [6.07, 6.45) is 2.63. The van der Waals surface area contributed by atoms with Gasteiger partial charge >= 0.3 is 5.97 Å². The Kier molecular flexibility index (Phi) is 4.03. The van der Waals surface area contributed by atoms with Crippen LogP contribution >= 0.6 is 23.1 Å². The molecule has 4 nitrogen and oxygen atoms in total. The summed E-state index contributed by atoms with van der Waals surface area (Å²) in [5.41, 5.74) is 1.29. The van der Waals surface area contributed by atoms with Crippen LogP contribution in [0.4, 0.5) is 0 Å². The molecule has 108 valence electrons. The number of esters is 1. The highest BCUT2D eigenvalue weighted by Crippen LogP contribution is 2.33. The zero-order valence-electron chi connectivity index (χ0n) is 11.4. The normalized spacial score (nSPS) is 21.6. The van der Waals surface area contributed by atoms with E-state index >= 15 is 0 Å². The molecule has 6 heteroatoms. The van der Waals surface area contributed by atoms with Gasteiger partial charge in [0.2, 0.25) is 0 Å². The second kappa shape index (κ2) is 5.77. The molecular formula is C14H17NO3S2. The maximum atomic E-state index is 12.6. The van der Waals surface area contributed by atoms with E-state index in [4.69, 9.17) is 4.74 Å². The minimum atomic E-state index is -0.402. The first-order chi connectivity index (χ1) is 9.70. The van der Waals surface area contributed by atoms with Gasteiger partial charge in [-0.1, -0.05) is 0 Å². The van der Waals surface area contributed by atoms with E-state index in [0.717, 1.165) is 29.2 Å². The first-order valence-electron chi connectivity index (χ1n) is 6.79. The van der Waals surface area contributed by atoms with Crippen LogP contribution in [0, 0.1) is 0 Å². The second-order valence-electron chi connectivity index (χ2n) is 5.04. The summed E-state index contributed by atoms with van der Waals surface area (Å²) in [5.74, 6) is 1.82. The molecule has 0 N–H and O–H groups in total. The SMILES string of the molecule is COC(=O)C1CCCN1C(=O)c1cc2c(s1)CCSC2. The molecule has 3 heterocycles. The molecule has 2 aliphatic rings. The molecule has 2 aliphatic heterocycles. The third-order valence-corrected chi connectivity index (χ3v) is 6.06. The molecule has 1 aromatic rings. The molecule has 0 saturated carbocycles. The number of hydrogen-bond donors (Lipinski definition) is 0. The van der Waals surface area contributed by atoms with Gasteiger partial charge in [0.15, 0.2) is 0 Å². The zero-order valence-corrected chi connectivity index (χ0v) is 13.0. The average Bonchev–Trinajstić information content (AvgIpc) is 3.11. The van der Waals surface area contributed by atoms with Crippen LogP contribution in [0.1, 0.15) is 33.0 Å². The second-order valence-corrected chi connectivity index (χ2v) is 7.28. The van der Waals surface area contributed by atoms with Crippen LogP contribution in [-0.4, -0.2) is 42.2 Å². The Morgan fingerprint density at radius 1 is 1.45 bits per heavy atom. The largest absolute Gasteiger partial charge is 0.467 e. The Hall–Kier alpha value is -1.01. The molecule has 0 radical (unpaired) electrons. The lowest BCUT2D eigenvalue weighted by Gasteiger charge is -2.21. The molecule has 1 amide bonds. The number of likely N-dealkylation sites (tertiary alicyclic amines) is 1. The van der Waals surface area contributed by atoms with Crippen LogP contribution in [0.2, 0.25) is 0 Å². The van der Waals surface area contributed by atoms with Gasteiger partial charge in [0.1, 0.15) is 6.04 Å². The Morgan fingerprint density at radius 3 is 3.05 bits per heavy atom. The van der Waals surface area contributed by atoms with Crippen LogP contribution in [0.25, 0.3) is 0 Å². The van der Waals surface area contributed by atoms with Gasteiger partial charge < -0.3 is 9.64 Å². The molecule has 1 fully saturated rings. The van der Waals surface area contributed by atoms with Gasteiger partial charge in [0.05, 0.1) is 12.0 Å². The minimum absolute atomic E-state index is 0.0118. The first-order valence-corrected chi connectivity index (χ1v) is 8.76. The highest BCUT2D eigenvalue weighted by molar-refractivity contribution is 7.98. The Balaban J connectivity index is 1.81. The summed E-state index contributed by atoms with van der Waals surface area (Å²) in [5, 5.41) is 0. The van der Waals surface area contributed by atoms with E-state index in [-0.39, 0.29) is 11.9 Å². The molecule has 0 aliphatic carbocycles. The lowest BCUT2D eigenvalue weighted by atomic mass is 10.2. The number of nitrogens with zero attached hydrogens (tertiary/aromatic N) is 1. The van der Waals surface area contributed by atoms with Crippen molar-refractivity contribution >= 4 is 35.0 Å². The van der Waals surface area contributed by atoms with Gasteiger partial charge in [-0.05, 0) is 36.6 Å². The van der Waals surface area contributed by atoms with Gasteiger partial charge in [-0.2, -0.15) is 11.8 Å². The monoisotopic (exact) mass is 311 g/mol. The number of aryl methyl sites for hydroxylation is 1. The summed E-state index contributed by atoms with van der Waals surface area (Å²) < 4.78 is 4.80. The van der Waals surface area contributed by atoms with E-state index in [1.165, 1.54) is 17.6 Å². The van der Waals surface area contributed by atoms with Crippen molar-refractivity contribution < 1.29 is 14.3 Å². The van der Waals surface area contributed by atoms with Gasteiger partial charge in [-0.15, -0.1) is 11.3 Å². The topological polar surface area (TPSA) is 46.6 Å². The number of rotatable bonds is 2. The fraction of sp³-hybridized carbons (Fsp3) is 0.571. The summed E-state index contributed by atoms with van der Waals surface area (Å²) in [6, 6.07) is 1.61. The van der Waals surface area contributed by atoms with Crippen molar-refractivity contribution in [2.45, 2.75) is 31.1 Å². The molecular weight excluding hydrogens is 294 g/mol. The van der Waals surface area contributed by atoms with E-state index in [1.54, 1.807) is 16.2 Å². The minimum Gasteiger partial charge on any atom is -0.467 e. The lowest BCUT2D eigenvalue weighted by molar-refractivity contribution is -0.145. The number of fused-ring (bicyclic) bond motifs is 1. The van der Waals surface area contributed by atoms with Crippen LogP contribution in [0.3, 0.4) is 0 Å². The summed E-state index contributed by atoms with van der Waals surface area (Å²) >= 11 is 3.51. The van der Waals surface area contributed by atoms with E-state index < -0.39 is 6.04 Å². The number of hydrogen-bond acceptors (Lipinski definition) is 5. The van der Waals surface area contributed by atoms with Crippen molar-refractivity contribution in [1.82, 2.24) is 4.90 Å². The smallest absolute Gasteiger partial charge is 0.328 e. The lowest BCUT2D eigenvalue weighted by Crippen LogP contribution is -2.40. The molecule has 1 unspecified atom stereocenters. The number of carbonyl (C=O) groups excluding carboxylic acids is 2. The van der Waals surface area contributed by atoms with E-state index in [2.05, 4.69) is 0 Å². The molecule has 0 spiro atoms. The highest BCUT2D eigenvalue weighted by Gasteiger charge is 2.36. The summed E-state index contributed by atoms with van der Waals surface area (Å²) in [6.45, 7) is 0.649. The standard InChI is InChI=1S/C14H17NO3S2/c1-18-14(17)10-3-2-5-15(10)13(16)12-7-9-8-19-6-4-11(9)20-12/h7,10H,2-6,8H2,1H3. The summed E-state index contributed by atoms with van der Waals surface area (Å²) in [4.78, 5) is 28.1. The Bertz CT molecular complexity index is 517. The van der Waals surface area contributed by atoms with Crippen LogP contribution < -0.4 is 0 Å². The third kappa shape index (κ3) is 2.46. The number of amides is 1. The van der Waals surface area contributed by atoms with Crippen molar-refractivity contribution in [2.24, 2.45) is 0 Å². The van der Waals surface area contributed by atoms with Gasteiger partial charge in [-0.3, -0.25) is 4.79 Å². The third-order valence-electron chi connectivity index (χ3n) is 3.83.